The van der Waals surface area contributed by atoms with Gasteiger partial charge in [-0.1, -0.05) is 17.7 Å². The normalized spacial score (nSPS) is 21.4. The highest BCUT2D eigenvalue weighted by atomic mass is 35.5. The van der Waals surface area contributed by atoms with Crippen LogP contribution in [0.2, 0.25) is 5.02 Å². The minimum atomic E-state index is -0.837. The van der Waals surface area contributed by atoms with E-state index in [-0.39, 0.29) is 23.4 Å². The van der Waals surface area contributed by atoms with Crippen molar-refractivity contribution in [2.24, 2.45) is 0 Å². The van der Waals surface area contributed by atoms with Crippen molar-refractivity contribution in [2.75, 3.05) is 0 Å². The van der Waals surface area contributed by atoms with Gasteiger partial charge in [-0.3, -0.25) is 9.59 Å². The molecule has 0 bridgehead atoms. The third-order valence-corrected chi connectivity index (χ3v) is 5.25. The van der Waals surface area contributed by atoms with Crippen molar-refractivity contribution >= 4 is 42.0 Å². The Morgan fingerprint density at radius 2 is 1.65 bits per heavy atom. The second-order valence-electron chi connectivity index (χ2n) is 7.29. The van der Waals surface area contributed by atoms with Crippen LogP contribution in [0.15, 0.2) is 18.2 Å². The summed E-state index contributed by atoms with van der Waals surface area (Å²) >= 11 is 6.30. The van der Waals surface area contributed by atoms with Gasteiger partial charge in [0.2, 0.25) is 0 Å². The maximum atomic E-state index is 12.2. The highest BCUT2D eigenvalue weighted by Crippen LogP contribution is 2.37. The molecule has 2 amide bonds. The minimum absolute atomic E-state index is 0.0355. The minimum Gasteiger partial charge on any atom is -0.399 e. The Hall–Kier alpha value is -1.90. The van der Waals surface area contributed by atoms with Gasteiger partial charge in [-0.15, -0.1) is 5.06 Å². The molecule has 2 saturated heterocycles. The molecular weight excluding hydrogens is 360 g/mol. The molecule has 138 valence electrons. The molecule has 0 atom stereocenters. The van der Waals surface area contributed by atoms with Crippen molar-refractivity contribution in [3.05, 3.63) is 28.8 Å². The number of carbonyl (C=O) groups is 3. The van der Waals surface area contributed by atoms with Crippen LogP contribution in [0.3, 0.4) is 0 Å². The van der Waals surface area contributed by atoms with Gasteiger partial charge in [0, 0.05) is 23.3 Å². The summed E-state index contributed by atoms with van der Waals surface area (Å²) in [7, 11) is -0.667. The molecule has 26 heavy (non-hydrogen) atoms. The summed E-state index contributed by atoms with van der Waals surface area (Å²) in [6, 6.07) is 4.49. The number of hydrogen-bond donors (Lipinski definition) is 0. The molecule has 2 heterocycles. The van der Waals surface area contributed by atoms with Crippen molar-refractivity contribution < 1.29 is 28.5 Å². The van der Waals surface area contributed by atoms with Crippen LogP contribution in [0.25, 0.3) is 0 Å². The Morgan fingerprint density at radius 1 is 1.12 bits per heavy atom. The smallest absolute Gasteiger partial charge is 0.399 e. The first-order valence-electron chi connectivity index (χ1n) is 8.25. The van der Waals surface area contributed by atoms with Crippen LogP contribution in [0, 0.1) is 0 Å². The van der Waals surface area contributed by atoms with Gasteiger partial charge in [-0.05, 0) is 39.8 Å². The molecule has 0 radical (unpaired) electrons. The molecule has 7 nitrogen and oxygen atoms in total. The Morgan fingerprint density at radius 3 is 2.15 bits per heavy atom. The van der Waals surface area contributed by atoms with E-state index >= 15 is 0 Å². The molecule has 2 aliphatic rings. The molecule has 0 saturated carbocycles. The molecule has 2 aliphatic heterocycles. The molecule has 0 unspecified atom stereocenters. The van der Waals surface area contributed by atoms with Crippen LogP contribution < -0.4 is 5.46 Å². The fraction of sp³-hybridized carbons (Fsp3) is 0.471. The Kier molecular flexibility index (Phi) is 4.63. The molecule has 0 aliphatic carbocycles. The van der Waals surface area contributed by atoms with Crippen LogP contribution in [0.4, 0.5) is 0 Å². The molecule has 0 aromatic heterocycles. The second-order valence-corrected chi connectivity index (χ2v) is 7.69. The number of benzene rings is 1. The highest BCUT2D eigenvalue weighted by Gasteiger charge is 2.52. The topological polar surface area (TPSA) is 82.1 Å². The largest absolute Gasteiger partial charge is 0.496 e. The molecular formula is C17H19BClNO6. The molecule has 1 aromatic rings. The molecule has 1 aromatic carbocycles. The summed E-state index contributed by atoms with van der Waals surface area (Å²) in [5.41, 5.74) is -0.345. The van der Waals surface area contributed by atoms with Crippen molar-refractivity contribution in [3.63, 3.8) is 0 Å². The number of imide groups is 1. The fourth-order valence-electron chi connectivity index (χ4n) is 2.61. The van der Waals surface area contributed by atoms with Crippen LogP contribution in [-0.2, 0) is 23.7 Å². The highest BCUT2D eigenvalue weighted by molar-refractivity contribution is 6.65. The van der Waals surface area contributed by atoms with Crippen LogP contribution in [0.5, 0.6) is 0 Å². The van der Waals surface area contributed by atoms with Gasteiger partial charge in [0.05, 0.1) is 16.8 Å². The average molecular weight is 380 g/mol. The Labute approximate surface area is 156 Å². The average Bonchev–Trinajstić information content (AvgIpc) is 2.96. The number of hydroxylamine groups is 2. The second kappa shape index (κ2) is 6.37. The van der Waals surface area contributed by atoms with E-state index in [1.54, 1.807) is 6.07 Å². The van der Waals surface area contributed by atoms with Gasteiger partial charge in [0.15, 0.2) is 0 Å². The number of nitrogens with zero attached hydrogens (tertiary/aromatic N) is 1. The first-order valence-corrected chi connectivity index (χ1v) is 8.63. The lowest BCUT2D eigenvalue weighted by Gasteiger charge is -2.32. The van der Waals surface area contributed by atoms with E-state index in [9.17, 15) is 14.4 Å². The van der Waals surface area contributed by atoms with Gasteiger partial charge in [0.1, 0.15) is 0 Å². The van der Waals surface area contributed by atoms with Gasteiger partial charge in [-0.25, -0.2) is 4.79 Å². The summed E-state index contributed by atoms with van der Waals surface area (Å²) in [5.74, 6) is -1.91. The van der Waals surface area contributed by atoms with E-state index in [0.717, 1.165) is 0 Å². The lowest BCUT2D eigenvalue weighted by Crippen LogP contribution is -2.41. The van der Waals surface area contributed by atoms with Crippen LogP contribution in [-0.4, -0.2) is 41.2 Å². The zero-order valence-corrected chi connectivity index (χ0v) is 15.8. The molecule has 2 fully saturated rings. The monoisotopic (exact) mass is 379 g/mol. The number of hydrogen-bond acceptors (Lipinski definition) is 6. The summed E-state index contributed by atoms with van der Waals surface area (Å²) < 4.78 is 11.9. The van der Waals surface area contributed by atoms with Gasteiger partial charge in [0.25, 0.3) is 11.8 Å². The number of rotatable bonds is 3. The summed E-state index contributed by atoms with van der Waals surface area (Å²) in [5, 5.41) is 0.760. The third-order valence-electron chi connectivity index (χ3n) is 4.92. The van der Waals surface area contributed by atoms with Gasteiger partial charge in [-0.2, -0.15) is 0 Å². The number of carbonyl (C=O) groups excluding carboxylic acids is 3. The maximum absolute atomic E-state index is 12.2. The Bertz CT molecular complexity index is 761. The zero-order valence-electron chi connectivity index (χ0n) is 15.0. The van der Waals surface area contributed by atoms with E-state index in [2.05, 4.69) is 0 Å². The van der Waals surface area contributed by atoms with E-state index in [1.165, 1.54) is 12.1 Å². The van der Waals surface area contributed by atoms with E-state index < -0.39 is 36.1 Å². The Balaban J connectivity index is 1.77. The lowest BCUT2D eigenvalue weighted by atomic mass is 9.78. The van der Waals surface area contributed by atoms with Crippen molar-refractivity contribution in [1.29, 1.82) is 0 Å². The molecule has 0 N–H and O–H groups in total. The fourth-order valence-corrected chi connectivity index (χ4v) is 2.88. The summed E-state index contributed by atoms with van der Waals surface area (Å²) in [6.07, 6.45) is 0.0709. The molecule has 3 rings (SSSR count). The van der Waals surface area contributed by atoms with Crippen molar-refractivity contribution in [3.8, 4) is 0 Å². The quantitative estimate of drug-likeness (QED) is 0.589. The standard InChI is InChI=1S/C17H19BClNO6/c1-16(2)17(3,4)26-18(25-16)11-6-5-10(9-12(11)19)15(23)24-20-13(21)7-8-14(20)22/h5-6,9H,7-8H2,1-4H3. The van der Waals surface area contributed by atoms with Gasteiger partial charge >= 0.3 is 13.1 Å². The summed E-state index contributed by atoms with van der Waals surface area (Å²) in [4.78, 5) is 40.2. The third kappa shape index (κ3) is 3.24. The predicted octanol–water partition coefficient (Wildman–Crippen LogP) is 1.86. The summed E-state index contributed by atoms with van der Waals surface area (Å²) in [6.45, 7) is 7.71. The van der Waals surface area contributed by atoms with Crippen molar-refractivity contribution in [1.82, 2.24) is 5.06 Å². The van der Waals surface area contributed by atoms with Crippen LogP contribution >= 0.6 is 11.6 Å². The SMILES string of the molecule is CC1(C)OB(c2ccc(C(=O)ON3C(=O)CCC3=O)cc2Cl)OC1(C)C. The van der Waals surface area contributed by atoms with Gasteiger partial charge < -0.3 is 14.1 Å². The number of halogens is 1. The van der Waals surface area contributed by atoms with E-state index in [0.29, 0.717) is 10.5 Å². The first-order chi connectivity index (χ1) is 12.0. The zero-order chi connectivity index (χ0) is 19.3. The van der Waals surface area contributed by atoms with E-state index in [1.807, 2.05) is 27.7 Å². The molecule has 9 heteroatoms. The van der Waals surface area contributed by atoms with Crippen LogP contribution in [0.1, 0.15) is 50.9 Å². The maximum Gasteiger partial charge on any atom is 0.496 e. The first kappa shape index (κ1) is 18.9. The van der Waals surface area contributed by atoms with E-state index in [4.69, 9.17) is 25.7 Å². The van der Waals surface area contributed by atoms with Crippen molar-refractivity contribution in [2.45, 2.75) is 51.7 Å². The molecule has 0 spiro atoms. The lowest BCUT2D eigenvalue weighted by molar-refractivity contribution is -0.172. The number of amides is 2. The predicted molar refractivity (Wildman–Crippen MR) is 93.7 cm³/mol.